The van der Waals surface area contributed by atoms with Crippen LogP contribution in [0, 0.1) is 0 Å². The lowest BCUT2D eigenvalue weighted by molar-refractivity contribution is 0.135. The van der Waals surface area contributed by atoms with Crippen molar-refractivity contribution in [2.75, 3.05) is 13.1 Å². The number of hydrogen-bond acceptors (Lipinski definition) is 2. The minimum Gasteiger partial charge on any atom is -0.356 e. The van der Waals surface area contributed by atoms with Crippen molar-refractivity contribution in [3.8, 4) is 0 Å². The highest BCUT2D eigenvalue weighted by Gasteiger charge is 2.24. The molecule has 0 saturated carbocycles. The van der Waals surface area contributed by atoms with Crippen LogP contribution in [0.3, 0.4) is 0 Å². The molecule has 1 rings (SSSR count). The summed E-state index contributed by atoms with van der Waals surface area (Å²) in [5.41, 5.74) is 0. The SMILES string of the molecule is CCCCCCCCCCCCCCCCCCCC1N(CCCCCC)C=CN1CCCCCCCCCCCCC. The van der Waals surface area contributed by atoms with Gasteiger partial charge in [-0.25, -0.2) is 0 Å². The molecule has 0 radical (unpaired) electrons. The van der Waals surface area contributed by atoms with Gasteiger partial charge in [0.2, 0.25) is 0 Å². The summed E-state index contributed by atoms with van der Waals surface area (Å²) < 4.78 is 0. The molecule has 0 aliphatic carbocycles. The van der Waals surface area contributed by atoms with E-state index in [1.165, 1.54) is 225 Å². The molecule has 1 aliphatic heterocycles. The minimum atomic E-state index is 0.640. The highest BCUT2D eigenvalue weighted by Crippen LogP contribution is 2.24. The van der Waals surface area contributed by atoms with Gasteiger partial charge in [0.1, 0.15) is 6.17 Å². The van der Waals surface area contributed by atoms with Gasteiger partial charge in [-0.05, 0) is 25.7 Å². The molecular formula is C41H82N2. The van der Waals surface area contributed by atoms with E-state index in [0.29, 0.717) is 6.17 Å². The first-order valence-electron chi connectivity index (χ1n) is 20.5. The van der Waals surface area contributed by atoms with Crippen LogP contribution in [0.4, 0.5) is 0 Å². The summed E-state index contributed by atoms with van der Waals surface area (Å²) in [5, 5.41) is 0. The third kappa shape index (κ3) is 25.2. The van der Waals surface area contributed by atoms with Crippen LogP contribution in [-0.2, 0) is 0 Å². The summed E-state index contributed by atoms with van der Waals surface area (Å²) in [6.07, 6.45) is 53.0. The predicted molar refractivity (Wildman–Crippen MR) is 196 cm³/mol. The average Bonchev–Trinajstić information content (AvgIpc) is 3.40. The Hall–Kier alpha value is -0.660. The van der Waals surface area contributed by atoms with Gasteiger partial charge in [-0.1, -0.05) is 207 Å². The predicted octanol–water partition coefficient (Wildman–Crippen LogP) is 14.3. The van der Waals surface area contributed by atoms with Gasteiger partial charge in [0.15, 0.2) is 0 Å². The Kier molecular flexibility index (Phi) is 30.7. The van der Waals surface area contributed by atoms with Crippen molar-refractivity contribution in [1.82, 2.24) is 9.80 Å². The van der Waals surface area contributed by atoms with Crippen LogP contribution >= 0.6 is 0 Å². The smallest absolute Gasteiger partial charge is 0.101 e. The third-order valence-corrected chi connectivity index (χ3v) is 10.1. The van der Waals surface area contributed by atoms with E-state index in [-0.39, 0.29) is 0 Å². The maximum Gasteiger partial charge on any atom is 0.101 e. The zero-order valence-corrected chi connectivity index (χ0v) is 30.4. The van der Waals surface area contributed by atoms with Crippen LogP contribution in [0.15, 0.2) is 12.4 Å². The number of nitrogens with zero attached hydrogens (tertiary/aromatic N) is 2. The Morgan fingerprint density at radius 3 is 0.837 bits per heavy atom. The van der Waals surface area contributed by atoms with Crippen LogP contribution in [0.2, 0.25) is 0 Å². The molecule has 43 heavy (non-hydrogen) atoms. The van der Waals surface area contributed by atoms with Gasteiger partial charge in [0.05, 0.1) is 0 Å². The summed E-state index contributed by atoms with van der Waals surface area (Å²) in [4.78, 5) is 5.40. The lowest BCUT2D eigenvalue weighted by atomic mass is 10.0. The summed E-state index contributed by atoms with van der Waals surface area (Å²) in [7, 11) is 0. The van der Waals surface area contributed by atoms with E-state index in [9.17, 15) is 0 Å². The summed E-state index contributed by atoms with van der Waals surface area (Å²) in [6.45, 7) is 9.47. The highest BCUT2D eigenvalue weighted by molar-refractivity contribution is 4.97. The molecule has 0 saturated heterocycles. The van der Waals surface area contributed by atoms with Crippen LogP contribution in [-0.4, -0.2) is 29.1 Å². The highest BCUT2D eigenvalue weighted by atomic mass is 15.4. The van der Waals surface area contributed by atoms with E-state index in [2.05, 4.69) is 43.0 Å². The van der Waals surface area contributed by atoms with Gasteiger partial charge in [-0.3, -0.25) is 0 Å². The van der Waals surface area contributed by atoms with Gasteiger partial charge >= 0.3 is 0 Å². The topological polar surface area (TPSA) is 6.48 Å². The molecule has 2 nitrogen and oxygen atoms in total. The van der Waals surface area contributed by atoms with E-state index >= 15 is 0 Å². The van der Waals surface area contributed by atoms with Crippen molar-refractivity contribution in [2.45, 2.75) is 239 Å². The van der Waals surface area contributed by atoms with Crippen molar-refractivity contribution in [3.63, 3.8) is 0 Å². The van der Waals surface area contributed by atoms with Crippen LogP contribution in [0.1, 0.15) is 233 Å². The molecule has 0 aromatic carbocycles. The lowest BCUT2D eigenvalue weighted by Crippen LogP contribution is -2.39. The fourth-order valence-corrected chi connectivity index (χ4v) is 7.07. The quantitative estimate of drug-likeness (QED) is 0.0666. The lowest BCUT2D eigenvalue weighted by Gasteiger charge is -2.33. The molecule has 256 valence electrons. The van der Waals surface area contributed by atoms with E-state index in [1.807, 2.05) is 0 Å². The van der Waals surface area contributed by atoms with Crippen molar-refractivity contribution < 1.29 is 0 Å². The monoisotopic (exact) mass is 603 g/mol. The van der Waals surface area contributed by atoms with Crippen LogP contribution in [0.5, 0.6) is 0 Å². The van der Waals surface area contributed by atoms with Crippen molar-refractivity contribution >= 4 is 0 Å². The molecule has 0 amide bonds. The van der Waals surface area contributed by atoms with Gasteiger partial charge in [-0.15, -0.1) is 0 Å². The Labute approximate surface area is 273 Å². The van der Waals surface area contributed by atoms with Crippen molar-refractivity contribution in [1.29, 1.82) is 0 Å². The first-order chi connectivity index (χ1) is 21.3. The van der Waals surface area contributed by atoms with Crippen LogP contribution in [0.25, 0.3) is 0 Å². The molecule has 1 aliphatic rings. The van der Waals surface area contributed by atoms with Gasteiger partial charge in [0, 0.05) is 25.5 Å². The Bertz CT molecular complexity index is 558. The first-order valence-corrected chi connectivity index (χ1v) is 20.5. The molecule has 0 aromatic heterocycles. The first kappa shape index (κ1) is 40.4. The number of unbranched alkanes of at least 4 members (excludes halogenated alkanes) is 29. The molecule has 1 atom stereocenters. The average molecular weight is 603 g/mol. The van der Waals surface area contributed by atoms with Crippen LogP contribution < -0.4 is 0 Å². The van der Waals surface area contributed by atoms with E-state index in [0.717, 1.165) is 0 Å². The molecule has 2 heteroatoms. The second-order valence-corrected chi connectivity index (χ2v) is 14.3. The molecule has 0 aromatic rings. The minimum absolute atomic E-state index is 0.640. The van der Waals surface area contributed by atoms with Crippen molar-refractivity contribution in [3.05, 3.63) is 12.4 Å². The Balaban J connectivity index is 2.08. The maximum absolute atomic E-state index is 2.71. The maximum atomic E-state index is 2.71. The fourth-order valence-electron chi connectivity index (χ4n) is 7.07. The molecular weight excluding hydrogens is 520 g/mol. The molecule has 0 N–H and O–H groups in total. The summed E-state index contributed by atoms with van der Waals surface area (Å²) >= 11 is 0. The summed E-state index contributed by atoms with van der Waals surface area (Å²) in [5.74, 6) is 0. The summed E-state index contributed by atoms with van der Waals surface area (Å²) in [6, 6.07) is 0. The molecule has 1 unspecified atom stereocenters. The fraction of sp³-hybridized carbons (Fsp3) is 0.951. The number of rotatable bonds is 35. The van der Waals surface area contributed by atoms with Gasteiger partial charge in [0.25, 0.3) is 0 Å². The van der Waals surface area contributed by atoms with E-state index in [1.54, 1.807) is 0 Å². The largest absolute Gasteiger partial charge is 0.356 e. The Morgan fingerprint density at radius 2 is 0.535 bits per heavy atom. The third-order valence-electron chi connectivity index (χ3n) is 10.1. The Morgan fingerprint density at radius 1 is 0.302 bits per heavy atom. The zero-order chi connectivity index (χ0) is 30.9. The second kappa shape index (κ2) is 32.7. The number of hydrogen-bond donors (Lipinski definition) is 0. The molecule has 0 spiro atoms. The zero-order valence-electron chi connectivity index (χ0n) is 30.4. The van der Waals surface area contributed by atoms with Gasteiger partial charge < -0.3 is 9.80 Å². The molecule has 0 bridgehead atoms. The normalized spacial score (nSPS) is 14.9. The van der Waals surface area contributed by atoms with Crippen molar-refractivity contribution in [2.24, 2.45) is 0 Å². The second-order valence-electron chi connectivity index (χ2n) is 14.3. The van der Waals surface area contributed by atoms with Gasteiger partial charge in [-0.2, -0.15) is 0 Å². The molecule has 1 heterocycles. The van der Waals surface area contributed by atoms with E-state index < -0.39 is 0 Å². The molecule has 0 fully saturated rings. The standard InChI is InChI=1S/C41H82N2/c1-4-7-10-13-15-17-19-20-21-22-23-24-25-27-29-31-33-36-41-42(37-34-12-9-6-3)39-40-43(41)38-35-32-30-28-26-18-16-14-11-8-5-2/h39-41H,4-38H2,1-3H3. The van der Waals surface area contributed by atoms with E-state index in [4.69, 9.17) is 0 Å².